The summed E-state index contributed by atoms with van der Waals surface area (Å²) >= 11 is 0. The Balaban J connectivity index is 1.34. The van der Waals surface area contributed by atoms with Gasteiger partial charge in [-0.05, 0) is 108 Å². The maximum atomic E-state index is 12.0. The van der Waals surface area contributed by atoms with E-state index in [0.29, 0.717) is 11.1 Å². The van der Waals surface area contributed by atoms with Gasteiger partial charge in [0.1, 0.15) is 21.2 Å². The van der Waals surface area contributed by atoms with Crippen molar-refractivity contribution in [3.05, 3.63) is 96.1 Å². The highest BCUT2D eigenvalue weighted by atomic mass is 32.2. The first kappa shape index (κ1) is 40.0. The molecule has 6 aromatic carbocycles. The minimum atomic E-state index is -5.02. The fraction of sp³-hybridized carbons (Fsp3) is 0.0588. The third kappa shape index (κ3) is 7.98. The molecule has 0 saturated carbocycles. The zero-order valence-electron chi connectivity index (χ0n) is 28.5. The highest BCUT2D eigenvalue weighted by molar-refractivity contribution is 7.86. The van der Waals surface area contributed by atoms with Gasteiger partial charge < -0.3 is 10.2 Å². The lowest BCUT2D eigenvalue weighted by atomic mass is 9.96. The van der Waals surface area contributed by atoms with E-state index >= 15 is 0 Å². The van der Waals surface area contributed by atoms with E-state index in [1.165, 1.54) is 12.1 Å². The average Bonchev–Trinajstić information content (AvgIpc) is 3.08. The Morgan fingerprint density at radius 3 is 1.09 bits per heavy atom. The number of hydrogen-bond acceptors (Lipinski definition) is 14. The second-order valence-corrected chi connectivity index (χ2v) is 17.8. The molecule has 0 fully saturated rings. The predicted molar refractivity (Wildman–Crippen MR) is 200 cm³/mol. The predicted octanol–water partition coefficient (Wildman–Crippen LogP) is 7.51. The summed E-state index contributed by atoms with van der Waals surface area (Å²) in [6, 6.07) is 17.6. The number of benzene rings is 6. The van der Waals surface area contributed by atoms with E-state index in [-0.39, 0.29) is 32.9 Å². The van der Waals surface area contributed by atoms with Crippen LogP contribution in [0.4, 0.5) is 22.7 Å². The Bertz CT molecular complexity index is 2970. The Hall–Kier alpha value is -5.72. The molecule has 18 nitrogen and oxygen atoms in total. The molecule has 6 aromatic rings. The first-order valence-electron chi connectivity index (χ1n) is 15.5. The van der Waals surface area contributed by atoms with Crippen LogP contribution in [0.25, 0.3) is 32.7 Å². The molecule has 0 amide bonds. The molecule has 0 aromatic heterocycles. The maximum absolute atomic E-state index is 12.0. The van der Waals surface area contributed by atoms with Gasteiger partial charge in [-0.1, -0.05) is 24.3 Å². The first-order valence-corrected chi connectivity index (χ1v) is 21.2. The molecule has 0 heterocycles. The van der Waals surface area contributed by atoms with Crippen LogP contribution < -0.4 is 0 Å². The van der Waals surface area contributed by atoms with Crippen LogP contribution in [-0.4, -0.2) is 62.1 Å². The van der Waals surface area contributed by atoms with Crippen LogP contribution in [-0.2, 0) is 40.5 Å². The summed E-state index contributed by atoms with van der Waals surface area (Å²) in [4.78, 5) is -3.09. The van der Waals surface area contributed by atoms with Crippen molar-refractivity contribution in [3.63, 3.8) is 0 Å². The van der Waals surface area contributed by atoms with Crippen molar-refractivity contribution in [3.8, 4) is 22.6 Å². The summed E-state index contributed by atoms with van der Waals surface area (Å²) in [7, 11) is -19.4. The summed E-state index contributed by atoms with van der Waals surface area (Å²) < 4.78 is 133. The van der Waals surface area contributed by atoms with E-state index in [1.807, 2.05) is 0 Å². The van der Waals surface area contributed by atoms with Gasteiger partial charge in [-0.15, -0.1) is 10.2 Å². The monoisotopic (exact) mass is 842 g/mol. The van der Waals surface area contributed by atoms with Crippen LogP contribution >= 0.6 is 0 Å². The average molecular weight is 843 g/mol. The molecule has 56 heavy (non-hydrogen) atoms. The lowest BCUT2D eigenvalue weighted by Crippen LogP contribution is -2.00. The fourth-order valence-electron chi connectivity index (χ4n) is 5.82. The van der Waals surface area contributed by atoms with Crippen molar-refractivity contribution in [2.75, 3.05) is 0 Å². The minimum absolute atomic E-state index is 0.0491. The molecule has 0 aliphatic carbocycles. The van der Waals surface area contributed by atoms with E-state index in [0.717, 1.165) is 47.5 Å². The van der Waals surface area contributed by atoms with Crippen molar-refractivity contribution in [2.45, 2.75) is 33.4 Å². The molecule has 6 rings (SSSR count). The molecule has 0 bridgehead atoms. The summed E-state index contributed by atoms with van der Waals surface area (Å²) in [6.45, 7) is 3.52. The number of azo groups is 2. The molecule has 0 saturated heterocycles. The third-order valence-electron chi connectivity index (χ3n) is 8.44. The molecule has 6 N–H and O–H groups in total. The summed E-state index contributed by atoms with van der Waals surface area (Å²) in [6.07, 6.45) is 0. The summed E-state index contributed by atoms with van der Waals surface area (Å²) in [5.74, 6) is -1.91. The number of aromatic hydroxyl groups is 2. The summed E-state index contributed by atoms with van der Waals surface area (Å²) in [5, 5.41) is 37.6. The van der Waals surface area contributed by atoms with Crippen LogP contribution in [0.3, 0.4) is 0 Å². The largest absolute Gasteiger partial charge is 0.504 e. The van der Waals surface area contributed by atoms with Crippen LogP contribution in [0.15, 0.2) is 125 Å². The molecule has 22 heteroatoms. The fourth-order valence-corrected chi connectivity index (χ4v) is 8.08. The number of aryl methyl sites for hydroxylation is 2. The van der Waals surface area contributed by atoms with E-state index in [1.54, 1.807) is 50.2 Å². The molecule has 0 aliphatic rings. The number of fused-ring (bicyclic) bond motifs is 2. The van der Waals surface area contributed by atoms with Crippen LogP contribution in [0.5, 0.6) is 11.5 Å². The lowest BCUT2D eigenvalue weighted by molar-refractivity contribution is 0.443. The van der Waals surface area contributed by atoms with Gasteiger partial charge in [0.2, 0.25) is 0 Å². The zero-order valence-corrected chi connectivity index (χ0v) is 31.7. The van der Waals surface area contributed by atoms with Crippen molar-refractivity contribution >= 4 is 84.8 Å². The Morgan fingerprint density at radius 2 is 0.786 bits per heavy atom. The molecule has 0 aliphatic heterocycles. The van der Waals surface area contributed by atoms with Crippen LogP contribution in [0.1, 0.15) is 11.1 Å². The van der Waals surface area contributed by atoms with Gasteiger partial charge in [-0.2, -0.15) is 43.9 Å². The van der Waals surface area contributed by atoms with Crippen molar-refractivity contribution in [1.82, 2.24) is 0 Å². The normalized spacial score (nSPS) is 13.0. The van der Waals surface area contributed by atoms with Crippen molar-refractivity contribution < 1.29 is 62.1 Å². The molecular weight excluding hydrogens is 817 g/mol. The van der Waals surface area contributed by atoms with Gasteiger partial charge in [-0.25, -0.2) is 0 Å². The number of phenolic OH excluding ortho intramolecular Hbond substituents is 2. The van der Waals surface area contributed by atoms with Gasteiger partial charge in [0.25, 0.3) is 40.5 Å². The van der Waals surface area contributed by atoms with E-state index in [9.17, 15) is 62.1 Å². The maximum Gasteiger partial charge on any atom is 0.298 e. The standard InChI is InChI=1S/C34H26N4O14S4/c1-17-11-21(35-37-31-27-9-5-23(53(41,42)43)13-19(27)15-29(33(31)39)55(47,48)49)3-7-25(17)26-8-4-22(12-18(26)2)36-38-32-28-10-6-24(54(44,45)46)14-20(28)16-30(34(32)40)56(50,51)52/h3-16,39-40H,1-2H3,(H,41,42,43)(H,44,45,46)(H,47,48,49)(H,50,51,52). The van der Waals surface area contributed by atoms with Gasteiger partial charge in [0.15, 0.2) is 11.5 Å². The van der Waals surface area contributed by atoms with E-state index in [4.69, 9.17) is 0 Å². The topological polar surface area (TPSA) is 307 Å². The smallest absolute Gasteiger partial charge is 0.298 e. The van der Waals surface area contributed by atoms with Crippen LogP contribution in [0.2, 0.25) is 0 Å². The zero-order chi connectivity index (χ0) is 41.1. The van der Waals surface area contributed by atoms with Crippen molar-refractivity contribution in [2.24, 2.45) is 20.5 Å². The molecule has 290 valence electrons. The number of rotatable bonds is 9. The molecule has 0 spiro atoms. The van der Waals surface area contributed by atoms with Gasteiger partial charge in [-0.3, -0.25) is 18.2 Å². The van der Waals surface area contributed by atoms with E-state index < -0.39 is 82.9 Å². The quantitative estimate of drug-likeness (QED) is 0.0606. The van der Waals surface area contributed by atoms with Gasteiger partial charge in [0, 0.05) is 10.8 Å². The number of nitrogens with zero attached hydrogens (tertiary/aromatic N) is 4. The SMILES string of the molecule is Cc1cc(N=Nc2c(O)c(S(=O)(=O)O)cc3cc(S(=O)(=O)O)ccc23)ccc1-c1ccc(N=Nc2c(O)c(S(=O)(=O)O)cc3cc(S(=O)(=O)O)ccc23)cc1C. The molecule has 0 radical (unpaired) electrons. The Morgan fingerprint density at radius 1 is 0.429 bits per heavy atom. The Labute approximate surface area is 318 Å². The van der Waals surface area contributed by atoms with E-state index in [2.05, 4.69) is 20.5 Å². The summed E-state index contributed by atoms with van der Waals surface area (Å²) in [5.41, 5.74) is 2.49. The highest BCUT2D eigenvalue weighted by Crippen LogP contribution is 2.44. The number of hydrogen-bond donors (Lipinski definition) is 6. The highest BCUT2D eigenvalue weighted by Gasteiger charge is 2.25. The lowest BCUT2D eigenvalue weighted by Gasteiger charge is -2.11. The van der Waals surface area contributed by atoms with Crippen molar-refractivity contribution in [1.29, 1.82) is 0 Å². The first-order chi connectivity index (χ1) is 25.9. The van der Waals surface area contributed by atoms with Gasteiger partial charge in [0.05, 0.1) is 21.2 Å². The number of phenols is 2. The molecule has 0 unspecified atom stereocenters. The molecule has 0 atom stereocenters. The second kappa shape index (κ2) is 14.1. The molecular formula is C34H26N4O14S4. The third-order valence-corrected chi connectivity index (χ3v) is 11.9. The van der Waals surface area contributed by atoms with Gasteiger partial charge >= 0.3 is 0 Å². The minimum Gasteiger partial charge on any atom is -0.504 e. The van der Waals surface area contributed by atoms with Crippen LogP contribution in [0, 0.1) is 13.8 Å². The Kier molecular flexibility index (Phi) is 10.1. The second-order valence-electron chi connectivity index (χ2n) is 12.2.